The summed E-state index contributed by atoms with van der Waals surface area (Å²) in [6.07, 6.45) is 13.0. The lowest BCUT2D eigenvalue weighted by molar-refractivity contribution is -0.199. The van der Waals surface area contributed by atoms with Gasteiger partial charge in [0.1, 0.15) is 6.04 Å². The van der Waals surface area contributed by atoms with Crippen molar-refractivity contribution in [1.82, 2.24) is 16.0 Å². The third kappa shape index (κ3) is 8.50. The normalized spacial score (nSPS) is 28.2. The van der Waals surface area contributed by atoms with Crippen LogP contribution in [-0.2, 0) is 18.9 Å². The fourth-order valence-electron chi connectivity index (χ4n) is 7.07. The topological polar surface area (TPSA) is 127 Å². The van der Waals surface area contributed by atoms with Gasteiger partial charge in [-0.3, -0.25) is 14.6 Å². The summed E-state index contributed by atoms with van der Waals surface area (Å²) in [6.45, 7) is 13.9. The minimum absolute atomic E-state index is 0.0468. The Balaban J connectivity index is 1.65. The van der Waals surface area contributed by atoms with E-state index < -0.39 is 13.2 Å². The van der Waals surface area contributed by atoms with Gasteiger partial charge in [-0.1, -0.05) is 60.0 Å². The van der Waals surface area contributed by atoms with Crippen LogP contribution in [0.4, 0.5) is 0 Å². The van der Waals surface area contributed by atoms with Gasteiger partial charge in [0.05, 0.1) is 17.6 Å². The van der Waals surface area contributed by atoms with Crippen molar-refractivity contribution in [2.45, 2.75) is 129 Å². The summed E-state index contributed by atoms with van der Waals surface area (Å²) in [5, 5.41) is 9.20. The van der Waals surface area contributed by atoms with Gasteiger partial charge in [-0.05, 0) is 81.1 Å². The summed E-state index contributed by atoms with van der Waals surface area (Å²) in [4.78, 5) is 30.4. The molecule has 0 aromatic carbocycles. The molecule has 1 heterocycles. The Morgan fingerprint density at radius 1 is 1.12 bits per heavy atom. The number of carbonyl (C=O) groups excluding carboxylic acids is 2. The lowest BCUT2D eigenvalue weighted by atomic mass is 9.43. The van der Waals surface area contributed by atoms with Crippen LogP contribution in [0.25, 0.3) is 0 Å². The molecule has 5 N–H and O–H groups in total. The molecule has 10 heteroatoms. The highest BCUT2D eigenvalue weighted by Gasteiger charge is 2.68. The third-order valence-corrected chi connectivity index (χ3v) is 9.69. The molecule has 0 unspecified atom stereocenters. The highest BCUT2D eigenvalue weighted by molar-refractivity contribution is 6.48. The van der Waals surface area contributed by atoms with E-state index in [9.17, 15) is 9.59 Å². The largest absolute Gasteiger partial charge is 0.481 e. The summed E-state index contributed by atoms with van der Waals surface area (Å²) in [7, 11) is 1.11. The Hall–Kier alpha value is -2.07. The Labute approximate surface area is 248 Å². The fraction of sp³-hybridized carbons (Fsp3) is 0.839. The zero-order chi connectivity index (χ0) is 30.2. The van der Waals surface area contributed by atoms with Crippen molar-refractivity contribution >= 4 is 24.9 Å². The molecular weight excluding hydrogens is 517 g/mol. The Morgan fingerprint density at radius 3 is 2.54 bits per heavy atom. The van der Waals surface area contributed by atoms with Gasteiger partial charge in [0, 0.05) is 13.6 Å². The van der Waals surface area contributed by atoms with E-state index in [2.05, 4.69) is 62.5 Å². The van der Waals surface area contributed by atoms with Crippen molar-refractivity contribution < 1.29 is 18.9 Å². The number of nitrogens with two attached hydrogens (primary N) is 1. The second kappa shape index (κ2) is 14.9. The van der Waals surface area contributed by atoms with Crippen molar-refractivity contribution in [1.29, 1.82) is 0 Å². The number of guanidine groups is 1. The van der Waals surface area contributed by atoms with E-state index in [4.69, 9.17) is 15.0 Å². The fourth-order valence-corrected chi connectivity index (χ4v) is 7.07. The molecular formula is C31H56BN5O4. The molecule has 4 aliphatic rings. The Morgan fingerprint density at radius 2 is 1.88 bits per heavy atom. The van der Waals surface area contributed by atoms with Gasteiger partial charge in [0.15, 0.2) is 5.96 Å². The van der Waals surface area contributed by atoms with Crippen LogP contribution in [0.1, 0.15) is 106 Å². The number of allylic oxidation sites excluding steroid dienone is 1. The van der Waals surface area contributed by atoms with Gasteiger partial charge in [-0.2, -0.15) is 0 Å². The molecule has 2 bridgehead atoms. The standard InChI is InChI=1S/C31H56BN5O4/c1-8-9-10-11-12-13-16-27(38)36-23(15-14-17-35-29(33)34-7)28(39)37-26(18-21(2)3)32-40-25-20-22-19-24(30(22,4)5)31(25,6)41-32/h13,16,21-26H,8-12,14-15,17-20H2,1-7H3,(H,36,38)(H,37,39)(H3,33,34,35)/b16-13+/t22-,23-,24-,25+,26-,31-/m0/s1. The smallest absolute Gasteiger partial charge is 0.404 e. The number of amides is 2. The average Bonchev–Trinajstić information content (AvgIpc) is 3.28. The van der Waals surface area contributed by atoms with Crippen LogP contribution in [0.5, 0.6) is 0 Å². The minimum Gasteiger partial charge on any atom is -0.404 e. The summed E-state index contributed by atoms with van der Waals surface area (Å²) < 4.78 is 13.3. The predicted octanol–water partition coefficient (Wildman–Crippen LogP) is 4.11. The van der Waals surface area contributed by atoms with E-state index in [0.717, 1.165) is 32.1 Å². The lowest BCUT2D eigenvalue weighted by Crippen LogP contribution is -2.65. The molecule has 0 radical (unpaired) electrons. The zero-order valence-corrected chi connectivity index (χ0v) is 26.6. The first-order valence-corrected chi connectivity index (χ1v) is 16.0. The number of aliphatic imine (C=N–C) groups is 1. The van der Waals surface area contributed by atoms with Crippen molar-refractivity contribution in [3.8, 4) is 0 Å². The van der Waals surface area contributed by atoms with Gasteiger partial charge >= 0.3 is 7.12 Å². The molecule has 4 rings (SSSR count). The van der Waals surface area contributed by atoms with Gasteiger partial charge < -0.3 is 31.0 Å². The van der Waals surface area contributed by atoms with Crippen LogP contribution in [0.3, 0.4) is 0 Å². The molecule has 0 aromatic heterocycles. The van der Waals surface area contributed by atoms with Gasteiger partial charge in [-0.15, -0.1) is 0 Å². The molecule has 1 aliphatic heterocycles. The van der Waals surface area contributed by atoms with E-state index in [-0.39, 0.29) is 34.9 Å². The second-order valence-corrected chi connectivity index (χ2v) is 13.6. The molecule has 0 aromatic rings. The molecule has 3 aliphatic carbocycles. The van der Waals surface area contributed by atoms with Crippen molar-refractivity contribution in [3.05, 3.63) is 12.2 Å². The van der Waals surface area contributed by atoms with Gasteiger partial charge in [0.25, 0.3) is 0 Å². The predicted molar refractivity (Wildman–Crippen MR) is 166 cm³/mol. The number of hydrogen-bond donors (Lipinski definition) is 4. The van der Waals surface area contributed by atoms with E-state index in [1.807, 2.05) is 6.08 Å². The molecule has 4 fully saturated rings. The maximum Gasteiger partial charge on any atom is 0.481 e. The van der Waals surface area contributed by atoms with E-state index in [1.54, 1.807) is 13.1 Å². The zero-order valence-electron chi connectivity index (χ0n) is 26.6. The first kappa shape index (κ1) is 33.4. The van der Waals surface area contributed by atoms with Crippen LogP contribution in [0.2, 0.25) is 0 Å². The molecule has 3 saturated carbocycles. The first-order chi connectivity index (χ1) is 19.4. The second-order valence-electron chi connectivity index (χ2n) is 13.6. The number of rotatable bonds is 16. The minimum atomic E-state index is -0.686. The first-order valence-electron chi connectivity index (χ1n) is 16.0. The summed E-state index contributed by atoms with van der Waals surface area (Å²) in [5.41, 5.74) is 5.66. The van der Waals surface area contributed by atoms with Crippen LogP contribution in [0.15, 0.2) is 17.1 Å². The van der Waals surface area contributed by atoms with Crippen molar-refractivity contribution in [3.63, 3.8) is 0 Å². The van der Waals surface area contributed by atoms with Gasteiger partial charge in [-0.25, -0.2) is 0 Å². The van der Waals surface area contributed by atoms with E-state index >= 15 is 0 Å². The SMILES string of the molecule is CCCCCC/C=C/C(=O)N[C@@H](CCCNC(N)=NC)C(=O)N[C@@H](CC(C)C)B1O[C@@H]2C[C@@H]3C[C@@H](C3(C)C)[C@]2(C)O1. The van der Waals surface area contributed by atoms with Crippen molar-refractivity contribution in [2.24, 2.45) is 33.9 Å². The number of nitrogens with one attached hydrogen (secondary N) is 3. The molecule has 9 nitrogen and oxygen atoms in total. The van der Waals surface area contributed by atoms with E-state index in [0.29, 0.717) is 43.1 Å². The monoisotopic (exact) mass is 573 g/mol. The highest BCUT2D eigenvalue weighted by Crippen LogP contribution is 2.65. The molecule has 2 amide bonds. The molecule has 232 valence electrons. The van der Waals surface area contributed by atoms with Crippen LogP contribution >= 0.6 is 0 Å². The summed E-state index contributed by atoms with van der Waals surface area (Å²) >= 11 is 0. The third-order valence-electron chi connectivity index (χ3n) is 9.69. The molecule has 1 saturated heterocycles. The molecule has 41 heavy (non-hydrogen) atoms. The van der Waals surface area contributed by atoms with Crippen molar-refractivity contribution in [2.75, 3.05) is 13.6 Å². The van der Waals surface area contributed by atoms with Crippen LogP contribution in [-0.4, -0.2) is 62.2 Å². The number of hydrogen-bond acceptors (Lipinski definition) is 5. The Kier molecular flexibility index (Phi) is 12.2. The van der Waals surface area contributed by atoms with Gasteiger partial charge in [0.2, 0.25) is 11.8 Å². The molecule has 0 spiro atoms. The quantitative estimate of drug-likeness (QED) is 0.0724. The highest BCUT2D eigenvalue weighted by atomic mass is 16.7. The maximum absolute atomic E-state index is 13.7. The molecule has 6 atom stereocenters. The summed E-state index contributed by atoms with van der Waals surface area (Å²) in [5.74, 6) is 1.02. The number of nitrogens with zero attached hydrogens (tertiary/aromatic N) is 1. The Bertz CT molecular complexity index is 941. The van der Waals surface area contributed by atoms with E-state index in [1.165, 1.54) is 19.3 Å². The van der Waals surface area contributed by atoms with Crippen LogP contribution in [0, 0.1) is 23.2 Å². The lowest BCUT2D eigenvalue weighted by Gasteiger charge is -2.64. The average molecular weight is 574 g/mol. The number of carbonyl (C=O) groups is 2. The number of unbranched alkanes of at least 4 members (excludes halogenated alkanes) is 4. The maximum atomic E-state index is 13.7. The summed E-state index contributed by atoms with van der Waals surface area (Å²) in [6, 6.07) is -0.686. The van der Waals surface area contributed by atoms with Crippen LogP contribution < -0.4 is 21.7 Å².